The number of rotatable bonds is 12. The van der Waals surface area contributed by atoms with E-state index in [4.69, 9.17) is 0 Å². The van der Waals surface area contributed by atoms with Crippen LogP contribution in [0.1, 0.15) is 79.6 Å². The lowest BCUT2D eigenvalue weighted by Gasteiger charge is -2.26. The first-order valence-corrected chi connectivity index (χ1v) is 8.61. The average Bonchev–Trinajstić information content (AvgIpc) is 2.41. The molecule has 0 aromatic rings. The van der Waals surface area contributed by atoms with Gasteiger partial charge in [-0.05, 0) is 11.3 Å². The molecule has 0 saturated carbocycles. The number of hydrogen-bond acceptors (Lipinski definition) is 0. The van der Waals surface area contributed by atoms with E-state index in [2.05, 4.69) is 34.6 Å². The summed E-state index contributed by atoms with van der Waals surface area (Å²) in [4.78, 5) is 0. The van der Waals surface area contributed by atoms with Gasteiger partial charge < -0.3 is 0 Å². The van der Waals surface area contributed by atoms with Crippen LogP contribution in [-0.2, 0) is 0 Å². The zero-order chi connectivity index (χ0) is 13.9. The summed E-state index contributed by atoms with van der Waals surface area (Å²) in [5, 5.41) is 0. The molecular formula is C16H36B2. The molecule has 0 amide bonds. The second-order valence-electron chi connectivity index (χ2n) is 6.53. The van der Waals surface area contributed by atoms with Crippen molar-refractivity contribution in [1.82, 2.24) is 0 Å². The first-order chi connectivity index (χ1) is 8.61. The molecule has 0 aromatic heterocycles. The lowest BCUT2D eigenvalue weighted by molar-refractivity contribution is 0.338. The summed E-state index contributed by atoms with van der Waals surface area (Å²) in [6, 6.07) is 0. The van der Waals surface area contributed by atoms with Gasteiger partial charge in [-0.1, -0.05) is 92.2 Å². The van der Waals surface area contributed by atoms with Crippen molar-refractivity contribution < 1.29 is 0 Å². The van der Waals surface area contributed by atoms with Crippen LogP contribution in [0.3, 0.4) is 0 Å². The Labute approximate surface area is 118 Å². The Hall–Kier alpha value is 0.130. The lowest BCUT2D eigenvalue weighted by Crippen LogP contribution is -2.19. The van der Waals surface area contributed by atoms with Crippen molar-refractivity contribution in [3.63, 3.8) is 0 Å². The fraction of sp³-hybridized carbons (Fsp3) is 1.00. The summed E-state index contributed by atoms with van der Waals surface area (Å²) in [7, 11) is 2.90. The average molecular weight is 250 g/mol. The molecule has 0 fully saturated rings. The van der Waals surface area contributed by atoms with Gasteiger partial charge in [-0.25, -0.2) is 0 Å². The van der Waals surface area contributed by atoms with Crippen LogP contribution >= 0.6 is 0 Å². The van der Waals surface area contributed by atoms with Crippen molar-refractivity contribution in [2.75, 3.05) is 0 Å². The highest BCUT2D eigenvalue weighted by molar-refractivity contribution is 7.00. The molecule has 106 valence electrons. The Morgan fingerprint density at radius 2 is 1.61 bits per heavy atom. The largest absolute Gasteiger partial charge is 0.0872 e. The summed E-state index contributed by atoms with van der Waals surface area (Å²) in [5.41, 5.74) is 0.617. The van der Waals surface area contributed by atoms with Crippen molar-refractivity contribution >= 4 is 14.3 Å². The molecule has 1 atom stereocenters. The molecule has 0 heterocycles. The highest BCUT2D eigenvalue weighted by Crippen LogP contribution is 2.29. The van der Waals surface area contributed by atoms with Crippen LogP contribution < -0.4 is 0 Å². The van der Waals surface area contributed by atoms with E-state index in [0.717, 1.165) is 5.92 Å². The first-order valence-electron chi connectivity index (χ1n) is 8.61. The lowest BCUT2D eigenvalue weighted by atomic mass is 9.33. The third-order valence-corrected chi connectivity index (χ3v) is 5.14. The monoisotopic (exact) mass is 250 g/mol. The quantitative estimate of drug-likeness (QED) is 0.336. The van der Waals surface area contributed by atoms with E-state index in [1.54, 1.807) is 0 Å². The van der Waals surface area contributed by atoms with Crippen molar-refractivity contribution in [3.8, 4) is 0 Å². The highest BCUT2D eigenvalue weighted by atomic mass is 14.2. The Balaban J connectivity index is 3.59. The summed E-state index contributed by atoms with van der Waals surface area (Å²) in [6.45, 7) is 11.8. The van der Waals surface area contributed by atoms with Crippen molar-refractivity contribution in [1.29, 1.82) is 0 Å². The van der Waals surface area contributed by atoms with Gasteiger partial charge in [-0.2, -0.15) is 0 Å². The fourth-order valence-electron chi connectivity index (χ4n) is 2.81. The predicted octanol–water partition coefficient (Wildman–Crippen LogP) is 5.04. The van der Waals surface area contributed by atoms with E-state index in [1.807, 2.05) is 0 Å². The molecule has 0 aromatic carbocycles. The molecule has 0 rings (SSSR count). The predicted molar refractivity (Wildman–Crippen MR) is 90.5 cm³/mol. The van der Waals surface area contributed by atoms with E-state index in [0.29, 0.717) is 5.41 Å². The van der Waals surface area contributed by atoms with Crippen LogP contribution in [0, 0.1) is 11.3 Å². The van der Waals surface area contributed by atoms with Gasteiger partial charge in [0.1, 0.15) is 0 Å². The highest BCUT2D eigenvalue weighted by Gasteiger charge is 2.19. The number of hydrogen-bond donors (Lipinski definition) is 0. The molecule has 0 bridgehead atoms. The van der Waals surface area contributed by atoms with Gasteiger partial charge in [0, 0.05) is 0 Å². The summed E-state index contributed by atoms with van der Waals surface area (Å²) in [6.07, 6.45) is 12.7. The Bertz CT molecular complexity index is 176. The van der Waals surface area contributed by atoms with Gasteiger partial charge in [0.05, 0.1) is 14.3 Å². The van der Waals surface area contributed by atoms with Gasteiger partial charge >= 0.3 is 0 Å². The van der Waals surface area contributed by atoms with Crippen LogP contribution in [0.2, 0.25) is 12.6 Å². The van der Waals surface area contributed by atoms with E-state index in [1.165, 1.54) is 71.9 Å². The standard InChI is InChI=1S/C16H36B2/c1-6-10-11-15(7-2)12-13-17-18-14-16(5,8-3)9-4/h15,17-18H,6-14H2,1-5H3. The van der Waals surface area contributed by atoms with Crippen LogP contribution in [0.25, 0.3) is 0 Å². The summed E-state index contributed by atoms with van der Waals surface area (Å²) >= 11 is 0. The minimum Gasteiger partial charge on any atom is -0.0843 e. The van der Waals surface area contributed by atoms with E-state index in [-0.39, 0.29) is 0 Å². The second kappa shape index (κ2) is 11.0. The Morgan fingerprint density at radius 1 is 0.944 bits per heavy atom. The van der Waals surface area contributed by atoms with Crippen LogP contribution in [-0.4, -0.2) is 14.3 Å². The topological polar surface area (TPSA) is 0 Å². The maximum Gasteiger partial charge on any atom is 0.0872 e. The van der Waals surface area contributed by atoms with Gasteiger partial charge in [0.2, 0.25) is 0 Å². The molecule has 0 nitrogen and oxygen atoms in total. The van der Waals surface area contributed by atoms with E-state index >= 15 is 0 Å². The van der Waals surface area contributed by atoms with Crippen LogP contribution in [0.5, 0.6) is 0 Å². The smallest absolute Gasteiger partial charge is 0.0843 e. The molecule has 0 N–H and O–H groups in total. The second-order valence-corrected chi connectivity index (χ2v) is 6.53. The molecule has 1 unspecified atom stereocenters. The molecule has 0 aliphatic rings. The van der Waals surface area contributed by atoms with Crippen molar-refractivity contribution in [2.24, 2.45) is 11.3 Å². The van der Waals surface area contributed by atoms with E-state index in [9.17, 15) is 0 Å². The molecule has 18 heavy (non-hydrogen) atoms. The third kappa shape index (κ3) is 8.27. The molecule has 0 aliphatic heterocycles. The zero-order valence-corrected chi connectivity index (χ0v) is 13.9. The molecule has 0 spiro atoms. The normalized spacial score (nSPS) is 13.4. The number of unbranched alkanes of at least 4 members (excludes halogenated alkanes) is 1. The SMILES string of the molecule is CCCCC(CC)CCBBCC(C)(CC)CC. The minimum atomic E-state index is 0.617. The van der Waals surface area contributed by atoms with E-state index < -0.39 is 0 Å². The molecule has 0 saturated heterocycles. The van der Waals surface area contributed by atoms with Gasteiger partial charge in [0.25, 0.3) is 0 Å². The van der Waals surface area contributed by atoms with Crippen LogP contribution in [0.4, 0.5) is 0 Å². The molecule has 0 radical (unpaired) electrons. The maximum atomic E-state index is 2.46. The summed E-state index contributed by atoms with van der Waals surface area (Å²) < 4.78 is 0. The molecule has 2 heteroatoms. The van der Waals surface area contributed by atoms with Gasteiger partial charge in [-0.15, -0.1) is 0 Å². The minimum absolute atomic E-state index is 0.617. The molecular weight excluding hydrogens is 214 g/mol. The van der Waals surface area contributed by atoms with Crippen LogP contribution in [0.15, 0.2) is 0 Å². The van der Waals surface area contributed by atoms with Crippen molar-refractivity contribution in [3.05, 3.63) is 0 Å². The Morgan fingerprint density at radius 3 is 2.11 bits per heavy atom. The van der Waals surface area contributed by atoms with Gasteiger partial charge in [0.15, 0.2) is 0 Å². The Kier molecular flexibility index (Phi) is 11.1. The van der Waals surface area contributed by atoms with Crippen molar-refractivity contribution in [2.45, 2.75) is 92.2 Å². The van der Waals surface area contributed by atoms with Gasteiger partial charge in [-0.3, -0.25) is 0 Å². The first kappa shape index (κ1) is 18.1. The zero-order valence-electron chi connectivity index (χ0n) is 13.9. The third-order valence-electron chi connectivity index (χ3n) is 5.14. The maximum absolute atomic E-state index is 2.46. The molecule has 0 aliphatic carbocycles. The summed E-state index contributed by atoms with van der Waals surface area (Å²) in [5.74, 6) is 1.01. The fourth-order valence-corrected chi connectivity index (χ4v) is 2.81.